The first kappa shape index (κ1) is 23.0. The summed E-state index contributed by atoms with van der Waals surface area (Å²) in [6, 6.07) is -0.610. The third kappa shape index (κ3) is 6.92. The highest BCUT2D eigenvalue weighted by atomic mass is 127. The van der Waals surface area contributed by atoms with Crippen molar-refractivity contribution in [1.82, 2.24) is 20.0 Å². The van der Waals surface area contributed by atoms with Gasteiger partial charge in [-0.2, -0.15) is 13.2 Å². The molecule has 1 N–H and O–H groups in total. The number of alkyl halides is 3. The summed E-state index contributed by atoms with van der Waals surface area (Å²) in [5.41, 5.74) is 0. The lowest BCUT2D eigenvalue weighted by Gasteiger charge is -2.39. The van der Waals surface area contributed by atoms with Crippen LogP contribution in [0.1, 0.15) is 32.6 Å². The van der Waals surface area contributed by atoms with Gasteiger partial charge in [0.1, 0.15) is 6.04 Å². The zero-order valence-electron chi connectivity index (χ0n) is 16.3. The zero-order chi connectivity index (χ0) is 18.7. The molecule has 0 aromatic rings. The number of halogens is 4. The van der Waals surface area contributed by atoms with Crippen LogP contribution >= 0.6 is 24.0 Å². The van der Waals surface area contributed by atoms with Gasteiger partial charge in [-0.1, -0.05) is 0 Å². The molecule has 5 nitrogen and oxygen atoms in total. The fourth-order valence-corrected chi connectivity index (χ4v) is 3.67. The molecule has 0 spiro atoms. The largest absolute Gasteiger partial charge is 0.403 e. The number of hydrogen-bond donors (Lipinski definition) is 1. The van der Waals surface area contributed by atoms with Crippen LogP contribution < -0.4 is 5.32 Å². The molecule has 3 fully saturated rings. The molecule has 158 valence electrons. The molecule has 1 atom stereocenters. The van der Waals surface area contributed by atoms with E-state index in [1.807, 2.05) is 0 Å². The second kappa shape index (κ2) is 9.96. The highest BCUT2D eigenvalue weighted by Crippen LogP contribution is 2.34. The Morgan fingerprint density at radius 3 is 2.26 bits per heavy atom. The Morgan fingerprint density at radius 1 is 1.15 bits per heavy atom. The summed E-state index contributed by atoms with van der Waals surface area (Å²) in [7, 11) is 1.75. The second-order valence-corrected chi connectivity index (χ2v) is 7.88. The first-order valence-electron chi connectivity index (χ1n) is 9.89. The summed E-state index contributed by atoms with van der Waals surface area (Å²) in [4.78, 5) is 10.5. The quantitative estimate of drug-likeness (QED) is 0.329. The number of aliphatic imine (C=N–C) groups is 1. The second-order valence-electron chi connectivity index (χ2n) is 7.88. The molecule has 0 aromatic heterocycles. The smallest absolute Gasteiger partial charge is 0.355 e. The Kier molecular flexibility index (Phi) is 8.48. The lowest BCUT2D eigenvalue weighted by molar-refractivity contribution is -0.181. The number of guanidine groups is 1. The van der Waals surface area contributed by atoms with Crippen molar-refractivity contribution in [2.45, 2.75) is 50.9 Å². The van der Waals surface area contributed by atoms with Crippen LogP contribution in [0.15, 0.2) is 4.99 Å². The summed E-state index contributed by atoms with van der Waals surface area (Å²) in [6.07, 6.45) is 1.23. The van der Waals surface area contributed by atoms with Crippen molar-refractivity contribution in [2.75, 3.05) is 52.9 Å². The number of nitrogens with zero attached hydrogens (tertiary/aromatic N) is 4. The summed E-state index contributed by atoms with van der Waals surface area (Å²) < 4.78 is 38.6. The topological polar surface area (TPSA) is 34.1 Å². The standard InChI is InChI=1S/C18H32F3N5.HI/c1-14(18(19,20)21)24-9-11-25(12-10-24)17(22-2)23-7-8-26(16-5-6-16)13-15-3-4-15;/h14-16H,3-13H2,1-2H3,(H,22,23);1H. The van der Waals surface area contributed by atoms with Crippen molar-refractivity contribution in [3.63, 3.8) is 0 Å². The first-order valence-corrected chi connectivity index (χ1v) is 9.89. The zero-order valence-corrected chi connectivity index (χ0v) is 18.7. The molecule has 0 bridgehead atoms. The van der Waals surface area contributed by atoms with Crippen LogP contribution in [0.2, 0.25) is 0 Å². The maximum absolute atomic E-state index is 12.9. The van der Waals surface area contributed by atoms with E-state index in [4.69, 9.17) is 0 Å². The van der Waals surface area contributed by atoms with Crippen molar-refractivity contribution >= 4 is 29.9 Å². The molecule has 2 saturated carbocycles. The monoisotopic (exact) mass is 503 g/mol. The van der Waals surface area contributed by atoms with E-state index in [2.05, 4.69) is 20.1 Å². The fraction of sp³-hybridized carbons (Fsp3) is 0.944. The van der Waals surface area contributed by atoms with Gasteiger partial charge in [-0.3, -0.25) is 14.8 Å². The molecule has 0 amide bonds. The maximum Gasteiger partial charge on any atom is 0.403 e. The molecule has 1 saturated heterocycles. The molecule has 9 heteroatoms. The molecule has 1 heterocycles. The van der Waals surface area contributed by atoms with E-state index >= 15 is 0 Å². The highest BCUT2D eigenvalue weighted by molar-refractivity contribution is 14.0. The highest BCUT2D eigenvalue weighted by Gasteiger charge is 2.41. The van der Waals surface area contributed by atoms with Gasteiger partial charge in [0.05, 0.1) is 0 Å². The van der Waals surface area contributed by atoms with Gasteiger partial charge in [-0.25, -0.2) is 0 Å². The molecular formula is C18H33F3IN5. The lowest BCUT2D eigenvalue weighted by atomic mass is 10.2. The Bertz CT molecular complexity index is 486. The third-order valence-electron chi connectivity index (χ3n) is 5.78. The van der Waals surface area contributed by atoms with E-state index in [0.717, 1.165) is 31.0 Å². The lowest BCUT2D eigenvalue weighted by Crippen LogP contribution is -2.57. The Hall–Kier alpha value is -0.290. The summed E-state index contributed by atoms with van der Waals surface area (Å²) in [6.45, 7) is 6.31. The van der Waals surface area contributed by atoms with E-state index in [1.165, 1.54) is 44.1 Å². The Balaban J connectivity index is 0.00000261. The molecular weight excluding hydrogens is 470 g/mol. The molecule has 2 aliphatic carbocycles. The Morgan fingerprint density at radius 2 is 1.78 bits per heavy atom. The van der Waals surface area contributed by atoms with Crippen molar-refractivity contribution in [1.29, 1.82) is 0 Å². The molecule has 0 radical (unpaired) electrons. The molecule has 3 rings (SSSR count). The van der Waals surface area contributed by atoms with Gasteiger partial charge in [0.2, 0.25) is 0 Å². The van der Waals surface area contributed by atoms with Gasteiger partial charge in [-0.05, 0) is 38.5 Å². The van der Waals surface area contributed by atoms with Crippen LogP contribution in [-0.2, 0) is 0 Å². The van der Waals surface area contributed by atoms with Gasteiger partial charge in [0.25, 0.3) is 0 Å². The van der Waals surface area contributed by atoms with Crippen molar-refractivity contribution < 1.29 is 13.2 Å². The van der Waals surface area contributed by atoms with Crippen molar-refractivity contribution in [3.05, 3.63) is 0 Å². The van der Waals surface area contributed by atoms with E-state index < -0.39 is 12.2 Å². The summed E-state index contributed by atoms with van der Waals surface area (Å²) >= 11 is 0. The van der Waals surface area contributed by atoms with Crippen molar-refractivity contribution in [3.8, 4) is 0 Å². The maximum atomic E-state index is 12.9. The number of hydrogen-bond acceptors (Lipinski definition) is 3. The minimum atomic E-state index is -4.16. The summed E-state index contributed by atoms with van der Waals surface area (Å²) in [5, 5.41) is 3.41. The fourth-order valence-electron chi connectivity index (χ4n) is 3.67. The molecule has 1 unspecified atom stereocenters. The number of rotatable bonds is 7. The van der Waals surface area contributed by atoms with Crippen LogP contribution in [0.25, 0.3) is 0 Å². The van der Waals surface area contributed by atoms with E-state index in [0.29, 0.717) is 26.2 Å². The average Bonchev–Trinajstić information content (AvgIpc) is 3.50. The predicted octanol–water partition coefficient (Wildman–Crippen LogP) is 2.62. The average molecular weight is 503 g/mol. The minimum Gasteiger partial charge on any atom is -0.355 e. The van der Waals surface area contributed by atoms with Crippen LogP contribution in [0, 0.1) is 5.92 Å². The van der Waals surface area contributed by atoms with Crippen molar-refractivity contribution in [2.24, 2.45) is 10.9 Å². The van der Waals surface area contributed by atoms with Gasteiger partial charge in [-0.15, -0.1) is 24.0 Å². The van der Waals surface area contributed by atoms with Crippen LogP contribution in [0.5, 0.6) is 0 Å². The van der Waals surface area contributed by atoms with Crippen LogP contribution in [-0.4, -0.2) is 91.8 Å². The molecule has 3 aliphatic rings. The van der Waals surface area contributed by atoms with Gasteiger partial charge in [0.15, 0.2) is 5.96 Å². The number of piperazine rings is 1. The third-order valence-corrected chi connectivity index (χ3v) is 5.78. The van der Waals surface area contributed by atoms with E-state index in [-0.39, 0.29) is 24.0 Å². The normalized spacial score (nSPS) is 23.3. The van der Waals surface area contributed by atoms with E-state index in [9.17, 15) is 13.2 Å². The molecule has 0 aromatic carbocycles. The van der Waals surface area contributed by atoms with Gasteiger partial charge < -0.3 is 10.2 Å². The molecule has 27 heavy (non-hydrogen) atoms. The van der Waals surface area contributed by atoms with E-state index in [1.54, 1.807) is 7.05 Å². The van der Waals surface area contributed by atoms with Gasteiger partial charge in [0, 0.05) is 58.9 Å². The predicted molar refractivity (Wildman–Crippen MR) is 113 cm³/mol. The molecule has 1 aliphatic heterocycles. The first-order chi connectivity index (χ1) is 12.4. The summed E-state index contributed by atoms with van der Waals surface area (Å²) in [5.74, 6) is 1.71. The number of nitrogens with one attached hydrogen (secondary N) is 1. The van der Waals surface area contributed by atoms with Gasteiger partial charge >= 0.3 is 6.18 Å². The minimum absolute atomic E-state index is 0. The Labute approximate surface area is 177 Å². The SMILES string of the molecule is CN=C(NCCN(CC1CC1)C1CC1)N1CCN(C(C)C(F)(F)F)CC1.I. The van der Waals surface area contributed by atoms with Crippen LogP contribution in [0.3, 0.4) is 0 Å². The van der Waals surface area contributed by atoms with Crippen LogP contribution in [0.4, 0.5) is 13.2 Å².